The summed E-state index contributed by atoms with van der Waals surface area (Å²) in [7, 11) is 1.42. The fourth-order valence-electron chi connectivity index (χ4n) is 10.4. The highest BCUT2D eigenvalue weighted by Gasteiger charge is 2.54. The Morgan fingerprint density at radius 3 is 1.96 bits per heavy atom. The monoisotopic (exact) mass is 983 g/mol. The van der Waals surface area contributed by atoms with Gasteiger partial charge in [-0.25, -0.2) is 0 Å². The number of carbonyl (C=O) groups is 1. The van der Waals surface area contributed by atoms with Crippen LogP contribution < -0.4 is 0 Å². The van der Waals surface area contributed by atoms with E-state index in [9.17, 15) is 20.1 Å². The first-order chi connectivity index (χ1) is 30.9. The fraction of sp³-hybridized carbons (Fsp3) is 0.840. The molecule has 67 heavy (non-hydrogen) atoms. The average molecular weight is 983 g/mol. The van der Waals surface area contributed by atoms with Crippen molar-refractivity contribution in [3.8, 4) is 0 Å². The Morgan fingerprint density at radius 1 is 0.821 bits per heavy atom. The van der Waals surface area contributed by atoms with E-state index in [1.807, 2.05) is 85.2 Å². The Balaban J connectivity index is 1.94. The van der Waals surface area contributed by atoms with Gasteiger partial charge in [0.15, 0.2) is 35.3 Å². The number of nitrogens with zero attached hydrogens (tertiary/aromatic N) is 2. The lowest BCUT2D eigenvalue weighted by atomic mass is 9.73. The molecule has 3 saturated heterocycles. The summed E-state index contributed by atoms with van der Waals surface area (Å²) < 4.78 is 53.7. The molecule has 0 radical (unpaired) electrons. The molecular weight excluding hydrogens is 893 g/mol. The molecule has 0 bridgehead atoms. The lowest BCUT2D eigenvalue weighted by molar-refractivity contribution is -0.315. The Morgan fingerprint density at radius 2 is 1.42 bits per heavy atom. The molecule has 17 heteroatoms. The first-order valence-corrected chi connectivity index (χ1v) is 31.4. The van der Waals surface area contributed by atoms with Crippen molar-refractivity contribution in [2.45, 2.75) is 225 Å². The molecule has 3 heterocycles. The second kappa shape index (κ2) is 23.1. The van der Waals surface area contributed by atoms with Crippen LogP contribution in [0.4, 0.5) is 0 Å². The summed E-state index contributed by atoms with van der Waals surface area (Å²) in [5.41, 5.74) is -4.06. The van der Waals surface area contributed by atoms with Crippen LogP contribution >= 0.6 is 0 Å². The van der Waals surface area contributed by atoms with Gasteiger partial charge in [-0.1, -0.05) is 57.2 Å². The highest BCUT2D eigenvalue weighted by Crippen LogP contribution is 2.42. The second-order valence-electron chi connectivity index (χ2n) is 22.7. The van der Waals surface area contributed by atoms with E-state index in [-0.39, 0.29) is 31.4 Å². The van der Waals surface area contributed by atoms with Gasteiger partial charge < -0.3 is 62.3 Å². The van der Waals surface area contributed by atoms with Crippen LogP contribution in [0.15, 0.2) is 41.6 Å². The van der Waals surface area contributed by atoms with E-state index in [1.54, 1.807) is 34.8 Å². The van der Waals surface area contributed by atoms with Gasteiger partial charge in [-0.05, 0) is 126 Å². The molecule has 3 N–H and O–H groups in total. The maximum absolute atomic E-state index is 14.7. The van der Waals surface area contributed by atoms with Gasteiger partial charge >= 0.3 is 5.97 Å². The number of aliphatic hydroxyl groups is 3. The summed E-state index contributed by atoms with van der Waals surface area (Å²) >= 11 is 0. The number of cyclic esters (lactones) is 1. The maximum Gasteiger partial charge on any atom is 0.311 e. The predicted octanol–water partition coefficient (Wildman–Crippen LogP) is 7.36. The van der Waals surface area contributed by atoms with Gasteiger partial charge in [0.05, 0.1) is 59.5 Å². The van der Waals surface area contributed by atoms with Crippen LogP contribution in [0.3, 0.4) is 0 Å². The average Bonchev–Trinajstić information content (AvgIpc) is 3.49. The van der Waals surface area contributed by atoms with E-state index >= 15 is 0 Å². The van der Waals surface area contributed by atoms with E-state index < -0.39 is 124 Å². The first-order valence-electron chi connectivity index (χ1n) is 24.6. The molecule has 3 fully saturated rings. The molecule has 0 saturated carbocycles. The molecular formula is C50H90N2O13Si2. The molecule has 386 valence electrons. The standard InChI is InChI=1S/C50H90N2O13Si2/c1-20-38-50(10,56)43(53)32(4)40(51-63-36-25-23-21-22-24-26-36)30(2)28-48(8,55)44(62-47-42(64-66(14,15)16)37(52(11)12)27-31(3)58-47)33(5)41(34(6)46(54)60-38)61-39-29-49(9,57-13)45(35(7)59-39)65-67(17,18)19/h21-26,30-39,41-45,47,53,55-56H,20,27-29H2,1-19H3/t30-,31+,32-,33-,34+,35-,37-,38+,39-,41-,42+,43+,44+,45-,47-,48?,49+,50+/m0/s1. The number of ether oxygens (including phenoxy) is 6. The van der Waals surface area contributed by atoms with Crippen LogP contribution in [0, 0.1) is 23.7 Å². The highest BCUT2D eigenvalue weighted by molar-refractivity contribution is 6.70. The van der Waals surface area contributed by atoms with Crippen LogP contribution in [-0.2, 0) is 46.9 Å². The molecule has 0 amide bonds. The van der Waals surface area contributed by atoms with E-state index in [1.165, 1.54) is 6.92 Å². The number of allylic oxidation sites excluding steroid dienone is 4. The van der Waals surface area contributed by atoms with Gasteiger partial charge in [0.2, 0.25) is 0 Å². The molecule has 4 rings (SSSR count). The van der Waals surface area contributed by atoms with E-state index in [0.29, 0.717) is 12.1 Å². The lowest BCUT2D eigenvalue weighted by Crippen LogP contribution is -2.62. The summed E-state index contributed by atoms with van der Waals surface area (Å²) in [5, 5.41) is 42.3. The van der Waals surface area contributed by atoms with Gasteiger partial charge in [-0.15, -0.1) is 0 Å². The van der Waals surface area contributed by atoms with Crippen molar-refractivity contribution in [3.05, 3.63) is 36.5 Å². The van der Waals surface area contributed by atoms with Crippen molar-refractivity contribution in [2.75, 3.05) is 21.2 Å². The number of likely N-dealkylation sites (N-methyl/N-ethyl adjacent to an activating group) is 1. The predicted molar refractivity (Wildman–Crippen MR) is 265 cm³/mol. The number of methoxy groups -OCH3 is 1. The van der Waals surface area contributed by atoms with Gasteiger partial charge in [0.1, 0.15) is 17.8 Å². The topological polar surface area (TPSA) is 176 Å². The molecule has 18 atom stereocenters. The maximum atomic E-state index is 14.7. The molecule has 0 aromatic carbocycles. The Hall–Kier alpha value is -1.85. The van der Waals surface area contributed by atoms with Crippen molar-refractivity contribution < 1.29 is 62.2 Å². The smallest absolute Gasteiger partial charge is 0.311 e. The highest BCUT2D eigenvalue weighted by atomic mass is 28.4. The SMILES string of the molecule is CC[C@H]1OC(=O)[C@H](C)[C@@H](O[C@H]2C[C@@](C)(OC)[C@@H](O[Si](C)(C)C)[C@H](C)O2)[C@H](C)[C@@H](O[C@@H]2O[C@H](C)C[C@H](N(C)C)[C@H]2O[Si](C)(C)C)C(C)(O)C[C@H](C)C(=NOC2C=CC=CC=C2)[C@H](C)[C@@H](O)[C@]1(C)O. The summed E-state index contributed by atoms with van der Waals surface area (Å²) in [6, 6.07) is -0.0754. The third kappa shape index (κ3) is 14.9. The van der Waals surface area contributed by atoms with E-state index in [4.69, 9.17) is 42.1 Å². The number of oxime groups is 1. The van der Waals surface area contributed by atoms with E-state index in [2.05, 4.69) is 49.3 Å². The third-order valence-corrected chi connectivity index (χ3v) is 15.9. The summed E-state index contributed by atoms with van der Waals surface area (Å²) in [4.78, 5) is 23.0. The van der Waals surface area contributed by atoms with Crippen molar-refractivity contribution >= 4 is 28.3 Å². The molecule has 0 aromatic rings. The zero-order valence-electron chi connectivity index (χ0n) is 44.3. The van der Waals surface area contributed by atoms with Crippen LogP contribution in [0.25, 0.3) is 0 Å². The second-order valence-corrected chi connectivity index (χ2v) is 31.6. The summed E-state index contributed by atoms with van der Waals surface area (Å²) in [6.45, 7) is 31.0. The number of rotatable bonds is 13. The Labute approximate surface area is 405 Å². The Kier molecular flexibility index (Phi) is 19.9. The molecule has 4 aliphatic rings. The zero-order valence-corrected chi connectivity index (χ0v) is 46.3. The normalized spacial score (nSPS) is 42.9. The van der Waals surface area contributed by atoms with Gasteiger partial charge in [0, 0.05) is 37.3 Å². The quantitative estimate of drug-likeness (QED) is 0.0948. The minimum absolute atomic E-state index is 0.0530. The number of hydrogen-bond acceptors (Lipinski definition) is 15. The summed E-state index contributed by atoms with van der Waals surface area (Å²) in [6.07, 6.45) is 3.79. The van der Waals surface area contributed by atoms with Crippen LogP contribution in [0.2, 0.25) is 39.3 Å². The molecule has 1 unspecified atom stereocenters. The van der Waals surface area contributed by atoms with Gasteiger partial charge in [-0.2, -0.15) is 0 Å². The number of aliphatic hydroxyl groups excluding tert-OH is 1. The molecule has 1 aliphatic carbocycles. The van der Waals surface area contributed by atoms with Crippen molar-refractivity contribution in [3.63, 3.8) is 0 Å². The number of carbonyl (C=O) groups excluding carboxylic acids is 1. The van der Waals surface area contributed by atoms with E-state index in [0.717, 1.165) is 0 Å². The molecule has 0 aromatic heterocycles. The Bertz CT molecular complexity index is 1710. The van der Waals surface area contributed by atoms with Crippen molar-refractivity contribution in [2.24, 2.45) is 28.8 Å². The minimum Gasteiger partial charge on any atom is -0.459 e. The number of esters is 1. The van der Waals surface area contributed by atoms with Crippen LogP contribution in [-0.4, -0.2) is 160 Å². The largest absolute Gasteiger partial charge is 0.459 e. The van der Waals surface area contributed by atoms with Gasteiger partial charge in [0.25, 0.3) is 0 Å². The fourth-order valence-corrected chi connectivity index (χ4v) is 12.7. The van der Waals surface area contributed by atoms with Crippen molar-refractivity contribution in [1.82, 2.24) is 4.90 Å². The minimum atomic E-state index is -2.22. The zero-order chi connectivity index (χ0) is 50.6. The third-order valence-electron chi connectivity index (χ3n) is 14.0. The summed E-state index contributed by atoms with van der Waals surface area (Å²) in [5.74, 6) is -3.81. The van der Waals surface area contributed by atoms with Crippen molar-refractivity contribution in [1.29, 1.82) is 0 Å². The number of hydrogen-bond donors (Lipinski definition) is 3. The van der Waals surface area contributed by atoms with Gasteiger partial charge in [-0.3, -0.25) is 4.79 Å². The lowest BCUT2D eigenvalue weighted by Gasteiger charge is -2.51. The molecule has 15 nitrogen and oxygen atoms in total. The molecule has 3 aliphatic heterocycles. The van der Waals surface area contributed by atoms with Crippen LogP contribution in [0.1, 0.15) is 94.9 Å². The van der Waals surface area contributed by atoms with Crippen LogP contribution in [0.5, 0.6) is 0 Å². The first kappa shape index (κ1) is 57.7. The molecule has 0 spiro atoms.